The van der Waals surface area contributed by atoms with Crippen molar-refractivity contribution in [2.45, 2.75) is 65.3 Å². The first-order chi connectivity index (χ1) is 23.1. The second-order valence-electron chi connectivity index (χ2n) is 12.2. The Balaban J connectivity index is 0.000000166. The van der Waals surface area contributed by atoms with Gasteiger partial charge in [-0.25, -0.2) is 19.7 Å². The van der Waals surface area contributed by atoms with Crippen LogP contribution < -0.4 is 19.9 Å². The predicted octanol–water partition coefficient (Wildman–Crippen LogP) is 5.05. The van der Waals surface area contributed by atoms with Crippen molar-refractivity contribution in [3.63, 3.8) is 0 Å². The average molecular weight is 669 g/mol. The van der Waals surface area contributed by atoms with Crippen molar-refractivity contribution in [3.8, 4) is 23.3 Å². The number of nitrogens with two attached hydrogens (primary N) is 1. The number of carbonyl (C=O) groups is 2. The number of imidazole rings is 3. The number of carbonyl (C=O) groups excluding carboxylic acids is 2. The molecule has 0 aliphatic heterocycles. The Morgan fingerprint density at radius 3 is 1.45 bits per heavy atom. The number of hydrogen-bond acceptors (Lipinski definition) is 10. The lowest BCUT2D eigenvalue weighted by molar-refractivity contribution is -0.158. The zero-order chi connectivity index (χ0) is 35.8. The quantitative estimate of drug-likeness (QED) is 0.206. The van der Waals surface area contributed by atoms with Crippen LogP contribution in [0.15, 0.2) is 92.2 Å². The van der Waals surface area contributed by atoms with Gasteiger partial charge in [0.1, 0.15) is 40.3 Å². The summed E-state index contributed by atoms with van der Waals surface area (Å²) in [4.78, 5) is 35.2. The molecule has 0 aliphatic carbocycles. The van der Waals surface area contributed by atoms with Crippen LogP contribution in [-0.4, -0.2) is 63.4 Å². The van der Waals surface area contributed by atoms with E-state index < -0.39 is 22.7 Å². The van der Waals surface area contributed by atoms with E-state index in [1.54, 1.807) is 97.4 Å². The molecule has 6 heterocycles. The Hall–Kier alpha value is -6.10. The Bertz CT molecular complexity index is 2090. The van der Waals surface area contributed by atoms with Gasteiger partial charge in [0.05, 0.1) is 6.61 Å². The number of rotatable bonds is 9. The highest BCUT2D eigenvalue weighted by molar-refractivity contribution is 5.83. The minimum absolute atomic E-state index is 0.338. The SMILES string of the molecule is CC(C)(C#N)Oc1ccn2ccnc2c1.CC(C)(Oc1ccn2ccnc2c1)C(N)=O.CCOC(=O)C(C)(C)Oc1ccn2ccnc2c1. The van der Waals surface area contributed by atoms with E-state index in [4.69, 9.17) is 29.9 Å². The summed E-state index contributed by atoms with van der Waals surface area (Å²) >= 11 is 0. The predicted molar refractivity (Wildman–Crippen MR) is 181 cm³/mol. The molecule has 0 spiro atoms. The van der Waals surface area contributed by atoms with Crippen LogP contribution in [0.4, 0.5) is 0 Å². The third kappa shape index (κ3) is 9.48. The lowest BCUT2D eigenvalue weighted by Gasteiger charge is -2.24. The fourth-order valence-electron chi connectivity index (χ4n) is 4.17. The minimum atomic E-state index is -1.02. The number of ether oxygens (including phenoxy) is 4. The molecule has 0 aliphatic rings. The Labute approximate surface area is 283 Å². The molecule has 49 heavy (non-hydrogen) atoms. The fourth-order valence-corrected chi connectivity index (χ4v) is 4.17. The van der Waals surface area contributed by atoms with Crippen LogP contribution in [-0.2, 0) is 14.3 Å². The maximum atomic E-state index is 11.7. The summed E-state index contributed by atoms with van der Waals surface area (Å²) in [5.74, 6) is 0.929. The number of primary amides is 1. The molecule has 1 amide bonds. The monoisotopic (exact) mass is 668 g/mol. The van der Waals surface area contributed by atoms with E-state index in [-0.39, 0.29) is 5.97 Å². The summed E-state index contributed by atoms with van der Waals surface area (Å²) < 4.78 is 27.3. The van der Waals surface area contributed by atoms with Gasteiger partial charge in [0.15, 0.2) is 16.8 Å². The van der Waals surface area contributed by atoms with Crippen LogP contribution in [0.5, 0.6) is 17.2 Å². The number of esters is 1. The van der Waals surface area contributed by atoms with Crippen molar-refractivity contribution in [3.05, 3.63) is 92.2 Å². The minimum Gasteiger partial charge on any atom is -0.478 e. The second kappa shape index (κ2) is 14.8. The summed E-state index contributed by atoms with van der Waals surface area (Å²) in [7, 11) is 0. The zero-order valence-corrected chi connectivity index (χ0v) is 28.5. The summed E-state index contributed by atoms with van der Waals surface area (Å²) in [5.41, 5.74) is 4.71. The normalized spacial score (nSPS) is 11.5. The van der Waals surface area contributed by atoms with Gasteiger partial charge in [-0.1, -0.05) is 0 Å². The summed E-state index contributed by atoms with van der Waals surface area (Å²) in [5, 5.41) is 8.83. The van der Waals surface area contributed by atoms with E-state index >= 15 is 0 Å². The van der Waals surface area contributed by atoms with E-state index in [0.29, 0.717) is 23.9 Å². The summed E-state index contributed by atoms with van der Waals surface area (Å²) in [6, 6.07) is 12.8. The van der Waals surface area contributed by atoms with E-state index in [0.717, 1.165) is 16.9 Å². The van der Waals surface area contributed by atoms with Crippen molar-refractivity contribution in [1.29, 1.82) is 5.26 Å². The van der Waals surface area contributed by atoms with Gasteiger partial charge in [-0.2, -0.15) is 5.26 Å². The van der Waals surface area contributed by atoms with E-state index in [2.05, 4.69) is 21.0 Å². The standard InChI is InChI=1S/C13H16N2O3.C11H13N3O2.C11H11N3O/c1-4-17-12(16)13(2,3)18-10-5-7-15-8-6-14-11(15)9-10;1-11(2,10(12)15)16-8-3-5-14-6-4-13-9(14)7-8;1-11(2,8-12)15-9-3-5-14-6-4-13-10(14)7-9/h5-9H,4H2,1-3H3;3-7H,1-2H3,(H2,12,15);3-7H,1-2H3. The molecule has 0 bridgehead atoms. The maximum absolute atomic E-state index is 11.7. The maximum Gasteiger partial charge on any atom is 0.349 e. The number of fused-ring (bicyclic) bond motifs is 3. The van der Waals surface area contributed by atoms with Crippen molar-refractivity contribution in [2.75, 3.05) is 6.61 Å². The third-order valence-corrected chi connectivity index (χ3v) is 6.86. The van der Waals surface area contributed by atoms with Crippen LogP contribution in [0.2, 0.25) is 0 Å². The van der Waals surface area contributed by atoms with Gasteiger partial charge in [0.2, 0.25) is 0 Å². The molecular weight excluding hydrogens is 628 g/mol. The van der Waals surface area contributed by atoms with Gasteiger partial charge in [0, 0.05) is 74.0 Å². The molecule has 256 valence electrons. The van der Waals surface area contributed by atoms with Crippen molar-refractivity contribution >= 4 is 28.8 Å². The Kier molecular flexibility index (Phi) is 10.8. The first kappa shape index (κ1) is 35.7. The highest BCUT2D eigenvalue weighted by atomic mass is 16.6. The zero-order valence-electron chi connectivity index (χ0n) is 28.5. The van der Waals surface area contributed by atoms with Crippen molar-refractivity contribution in [2.24, 2.45) is 5.73 Å². The second-order valence-corrected chi connectivity index (χ2v) is 12.2. The van der Waals surface area contributed by atoms with Gasteiger partial charge in [-0.3, -0.25) is 4.79 Å². The number of nitriles is 1. The average Bonchev–Trinajstić information content (AvgIpc) is 3.82. The van der Waals surface area contributed by atoms with Gasteiger partial charge < -0.3 is 37.9 Å². The molecule has 0 atom stereocenters. The summed E-state index contributed by atoms with van der Waals surface area (Å²) in [6.07, 6.45) is 16.1. The molecule has 6 aromatic heterocycles. The molecular formula is C35H40N8O6. The molecule has 14 nitrogen and oxygen atoms in total. The number of aromatic nitrogens is 6. The Morgan fingerprint density at radius 1 is 0.694 bits per heavy atom. The van der Waals surface area contributed by atoms with E-state index in [1.165, 1.54) is 0 Å². The molecule has 2 N–H and O–H groups in total. The van der Waals surface area contributed by atoms with Gasteiger partial charge >= 0.3 is 5.97 Å². The topological polar surface area (TPSA) is 173 Å². The smallest absolute Gasteiger partial charge is 0.349 e. The third-order valence-electron chi connectivity index (χ3n) is 6.86. The van der Waals surface area contributed by atoms with Gasteiger partial charge in [0.25, 0.3) is 5.91 Å². The number of hydrogen-bond donors (Lipinski definition) is 1. The molecule has 0 saturated carbocycles. The molecule has 0 saturated heterocycles. The lowest BCUT2D eigenvalue weighted by Crippen LogP contribution is -2.43. The first-order valence-electron chi connectivity index (χ1n) is 15.4. The molecule has 14 heteroatoms. The van der Waals surface area contributed by atoms with Crippen LogP contribution in [0.3, 0.4) is 0 Å². The molecule has 0 radical (unpaired) electrons. The molecule has 0 unspecified atom stereocenters. The van der Waals surface area contributed by atoms with Gasteiger partial charge in [-0.15, -0.1) is 0 Å². The van der Waals surface area contributed by atoms with Crippen molar-refractivity contribution in [1.82, 2.24) is 28.2 Å². The van der Waals surface area contributed by atoms with E-state index in [1.807, 2.05) is 56.4 Å². The van der Waals surface area contributed by atoms with Crippen LogP contribution in [0, 0.1) is 11.3 Å². The molecule has 6 aromatic rings. The highest BCUT2D eigenvalue weighted by Gasteiger charge is 2.31. The highest BCUT2D eigenvalue weighted by Crippen LogP contribution is 2.22. The largest absolute Gasteiger partial charge is 0.478 e. The molecule has 0 aromatic carbocycles. The number of amides is 1. The van der Waals surface area contributed by atoms with Crippen LogP contribution >= 0.6 is 0 Å². The number of nitrogens with zero attached hydrogens (tertiary/aromatic N) is 7. The van der Waals surface area contributed by atoms with E-state index in [9.17, 15) is 9.59 Å². The fraction of sp³-hybridized carbons (Fsp3) is 0.314. The van der Waals surface area contributed by atoms with Crippen molar-refractivity contribution < 1.29 is 28.5 Å². The summed E-state index contributed by atoms with van der Waals surface area (Å²) in [6.45, 7) is 12.2. The lowest BCUT2D eigenvalue weighted by atomic mass is 10.1. The van der Waals surface area contributed by atoms with Crippen LogP contribution in [0.1, 0.15) is 48.5 Å². The first-order valence-corrected chi connectivity index (χ1v) is 15.4. The van der Waals surface area contributed by atoms with Crippen LogP contribution in [0.25, 0.3) is 16.9 Å². The molecule has 0 fully saturated rings. The molecule has 6 rings (SSSR count). The van der Waals surface area contributed by atoms with Gasteiger partial charge in [-0.05, 0) is 66.7 Å². The Morgan fingerprint density at radius 2 is 1.08 bits per heavy atom. The number of pyridine rings is 3.